The minimum Gasteiger partial charge on any atom is -0.508 e. The number of hydrogen-bond donors (Lipinski definition) is 1. The Morgan fingerprint density at radius 2 is 1.29 bits per heavy atom. The zero-order valence-electron chi connectivity index (χ0n) is 18.8. The van der Waals surface area contributed by atoms with Gasteiger partial charge in [-0.1, -0.05) is 57.2 Å². The zero-order valence-corrected chi connectivity index (χ0v) is 18.8. The number of phenols is 1. The van der Waals surface area contributed by atoms with Crippen molar-refractivity contribution in [3.8, 4) is 22.8 Å². The predicted molar refractivity (Wildman–Crippen MR) is 126 cm³/mol. The van der Waals surface area contributed by atoms with E-state index in [1.165, 1.54) is 11.1 Å². The van der Waals surface area contributed by atoms with Gasteiger partial charge in [0.1, 0.15) is 5.75 Å². The van der Waals surface area contributed by atoms with Crippen LogP contribution in [0.3, 0.4) is 0 Å². The molecular weight excluding hydrogens is 382 g/mol. The van der Waals surface area contributed by atoms with E-state index in [1.54, 1.807) is 12.1 Å². The standard InChI is InChI=1S/C27H29N3O/c1-18(2)27(5,23-12-14-24(31)15-13-23)22-10-8-21(9-11-22)25-16-17-26(29-28-25)30-19(3)6-7-20(30)4/h6-18,31H,1-5H3. The van der Waals surface area contributed by atoms with Crippen molar-refractivity contribution in [1.82, 2.24) is 14.8 Å². The largest absolute Gasteiger partial charge is 0.508 e. The lowest BCUT2D eigenvalue weighted by molar-refractivity contribution is 0.404. The van der Waals surface area contributed by atoms with Crippen molar-refractivity contribution >= 4 is 0 Å². The molecule has 2 aromatic heterocycles. The summed E-state index contributed by atoms with van der Waals surface area (Å²) in [6, 6.07) is 24.4. The Morgan fingerprint density at radius 3 is 1.77 bits per heavy atom. The molecule has 1 unspecified atom stereocenters. The summed E-state index contributed by atoms with van der Waals surface area (Å²) in [5.41, 5.74) is 6.45. The highest BCUT2D eigenvalue weighted by Crippen LogP contribution is 2.40. The monoisotopic (exact) mass is 411 g/mol. The van der Waals surface area contributed by atoms with Crippen LogP contribution in [0, 0.1) is 19.8 Å². The van der Waals surface area contributed by atoms with Crippen molar-refractivity contribution < 1.29 is 5.11 Å². The molecule has 1 N–H and O–H groups in total. The minimum atomic E-state index is -0.161. The van der Waals surface area contributed by atoms with Crippen LogP contribution in [-0.2, 0) is 5.41 Å². The van der Waals surface area contributed by atoms with Gasteiger partial charge in [0.05, 0.1) is 5.69 Å². The molecular formula is C27H29N3O. The van der Waals surface area contributed by atoms with Gasteiger partial charge >= 0.3 is 0 Å². The number of benzene rings is 2. The predicted octanol–water partition coefficient (Wildman–Crippen LogP) is 6.22. The molecule has 0 radical (unpaired) electrons. The molecule has 4 aromatic rings. The van der Waals surface area contributed by atoms with Gasteiger partial charge in [0.2, 0.25) is 0 Å². The molecule has 2 heterocycles. The topological polar surface area (TPSA) is 50.9 Å². The Balaban J connectivity index is 1.65. The maximum absolute atomic E-state index is 9.69. The van der Waals surface area contributed by atoms with Gasteiger partial charge in [-0.2, -0.15) is 0 Å². The summed E-state index contributed by atoms with van der Waals surface area (Å²) < 4.78 is 2.10. The Morgan fingerprint density at radius 1 is 0.742 bits per heavy atom. The molecule has 2 aromatic carbocycles. The van der Waals surface area contributed by atoms with E-state index in [2.05, 4.69) is 85.8 Å². The molecule has 0 bridgehead atoms. The highest BCUT2D eigenvalue weighted by Gasteiger charge is 2.32. The third-order valence-electron chi connectivity index (χ3n) is 6.55. The highest BCUT2D eigenvalue weighted by atomic mass is 16.3. The zero-order chi connectivity index (χ0) is 22.2. The second kappa shape index (κ2) is 8.03. The van der Waals surface area contributed by atoms with Crippen molar-refractivity contribution in [1.29, 1.82) is 0 Å². The van der Waals surface area contributed by atoms with Gasteiger partial charge in [-0.15, -0.1) is 10.2 Å². The first-order chi connectivity index (χ1) is 14.8. The quantitative estimate of drug-likeness (QED) is 0.424. The molecule has 0 saturated heterocycles. The molecule has 4 nitrogen and oxygen atoms in total. The van der Waals surface area contributed by atoms with Crippen molar-refractivity contribution in [3.05, 3.63) is 95.3 Å². The molecule has 0 spiro atoms. The van der Waals surface area contributed by atoms with Gasteiger partial charge in [0.25, 0.3) is 0 Å². The third-order valence-corrected chi connectivity index (χ3v) is 6.55. The Hall–Kier alpha value is -3.40. The van der Waals surface area contributed by atoms with Crippen LogP contribution >= 0.6 is 0 Å². The molecule has 0 aliphatic carbocycles. The van der Waals surface area contributed by atoms with E-state index in [0.717, 1.165) is 28.5 Å². The molecule has 4 rings (SSSR count). The lowest BCUT2D eigenvalue weighted by atomic mass is 9.68. The van der Waals surface area contributed by atoms with E-state index in [9.17, 15) is 5.11 Å². The normalized spacial score (nSPS) is 13.4. The fraction of sp³-hybridized carbons (Fsp3) is 0.259. The Labute approximate surface area is 184 Å². The average Bonchev–Trinajstić information content (AvgIpc) is 3.12. The summed E-state index contributed by atoms with van der Waals surface area (Å²) in [6.07, 6.45) is 0. The number of rotatable bonds is 5. The summed E-state index contributed by atoms with van der Waals surface area (Å²) in [5.74, 6) is 1.51. The minimum absolute atomic E-state index is 0.161. The van der Waals surface area contributed by atoms with Gasteiger partial charge in [-0.05, 0) is 67.3 Å². The van der Waals surface area contributed by atoms with Crippen molar-refractivity contribution in [2.24, 2.45) is 5.92 Å². The summed E-state index contributed by atoms with van der Waals surface area (Å²) in [6.45, 7) is 10.9. The second-order valence-corrected chi connectivity index (χ2v) is 8.71. The third kappa shape index (κ3) is 3.74. The van der Waals surface area contributed by atoms with E-state index >= 15 is 0 Å². The molecule has 31 heavy (non-hydrogen) atoms. The van der Waals surface area contributed by atoms with Gasteiger partial charge < -0.3 is 9.67 Å². The number of nitrogens with zero attached hydrogens (tertiary/aromatic N) is 3. The van der Waals surface area contributed by atoms with Gasteiger partial charge in [-0.3, -0.25) is 0 Å². The highest BCUT2D eigenvalue weighted by molar-refractivity contribution is 5.60. The average molecular weight is 412 g/mol. The van der Waals surface area contributed by atoms with E-state index in [1.807, 2.05) is 24.3 Å². The molecule has 0 amide bonds. The molecule has 0 aliphatic heterocycles. The van der Waals surface area contributed by atoms with E-state index in [0.29, 0.717) is 5.92 Å². The summed E-state index contributed by atoms with van der Waals surface area (Å²) in [5, 5.41) is 18.6. The summed E-state index contributed by atoms with van der Waals surface area (Å²) in [4.78, 5) is 0. The maximum Gasteiger partial charge on any atom is 0.159 e. The molecule has 158 valence electrons. The number of aryl methyl sites for hydroxylation is 2. The number of aromatic nitrogens is 3. The fourth-order valence-electron chi connectivity index (χ4n) is 4.26. The first-order valence-electron chi connectivity index (χ1n) is 10.7. The van der Waals surface area contributed by atoms with Crippen LogP contribution in [0.5, 0.6) is 5.75 Å². The number of aromatic hydroxyl groups is 1. The second-order valence-electron chi connectivity index (χ2n) is 8.71. The van der Waals surface area contributed by atoms with Crippen LogP contribution < -0.4 is 0 Å². The van der Waals surface area contributed by atoms with Crippen LogP contribution in [0.15, 0.2) is 72.8 Å². The van der Waals surface area contributed by atoms with E-state index < -0.39 is 0 Å². The van der Waals surface area contributed by atoms with Crippen LogP contribution in [0.2, 0.25) is 0 Å². The molecule has 1 atom stereocenters. The van der Waals surface area contributed by atoms with E-state index in [-0.39, 0.29) is 11.2 Å². The smallest absolute Gasteiger partial charge is 0.159 e. The van der Waals surface area contributed by atoms with Gasteiger partial charge in [0.15, 0.2) is 5.82 Å². The lowest BCUT2D eigenvalue weighted by Gasteiger charge is -2.35. The molecule has 0 aliphatic rings. The van der Waals surface area contributed by atoms with E-state index in [4.69, 9.17) is 0 Å². The number of hydrogen-bond acceptors (Lipinski definition) is 3. The van der Waals surface area contributed by atoms with Gasteiger partial charge in [0, 0.05) is 22.4 Å². The van der Waals surface area contributed by atoms with Crippen LogP contribution in [0.4, 0.5) is 0 Å². The maximum atomic E-state index is 9.69. The Bertz CT molecular complexity index is 1150. The van der Waals surface area contributed by atoms with Crippen molar-refractivity contribution in [2.75, 3.05) is 0 Å². The summed E-state index contributed by atoms with van der Waals surface area (Å²) in [7, 11) is 0. The molecule has 0 saturated carbocycles. The molecule has 4 heteroatoms. The van der Waals surface area contributed by atoms with Crippen molar-refractivity contribution in [3.63, 3.8) is 0 Å². The molecule has 0 fully saturated rings. The van der Waals surface area contributed by atoms with Gasteiger partial charge in [-0.25, -0.2) is 0 Å². The number of phenolic OH excluding ortho intramolecular Hbond substituents is 1. The fourth-order valence-corrected chi connectivity index (χ4v) is 4.26. The van der Waals surface area contributed by atoms with Crippen LogP contribution in [0.25, 0.3) is 17.1 Å². The SMILES string of the molecule is Cc1ccc(C)n1-c1ccc(-c2ccc(C(C)(c3ccc(O)cc3)C(C)C)cc2)nn1. The Kier molecular flexibility index (Phi) is 5.40. The first kappa shape index (κ1) is 20.9. The summed E-state index contributed by atoms with van der Waals surface area (Å²) >= 11 is 0. The van der Waals surface area contributed by atoms with Crippen LogP contribution in [0.1, 0.15) is 43.3 Å². The first-order valence-corrected chi connectivity index (χ1v) is 10.7. The lowest BCUT2D eigenvalue weighted by Crippen LogP contribution is -2.30. The van der Waals surface area contributed by atoms with Crippen LogP contribution in [-0.4, -0.2) is 19.9 Å². The van der Waals surface area contributed by atoms with Crippen molar-refractivity contribution in [2.45, 2.75) is 40.0 Å².